The van der Waals surface area contributed by atoms with E-state index in [0.29, 0.717) is 57.8 Å². The predicted octanol–water partition coefficient (Wildman–Crippen LogP) is 5.51. The summed E-state index contributed by atoms with van der Waals surface area (Å²) >= 11 is 0. The van der Waals surface area contributed by atoms with Gasteiger partial charge in [-0.25, -0.2) is 0 Å². The molecule has 0 aromatic rings. The van der Waals surface area contributed by atoms with Gasteiger partial charge in [-0.2, -0.15) is 0 Å². The zero-order valence-electron chi connectivity index (χ0n) is 26.1. The molecule has 0 aromatic carbocycles. The number of aliphatic hydroxyl groups is 5. The summed E-state index contributed by atoms with van der Waals surface area (Å²) in [5.41, 5.74) is 0. The van der Waals surface area contributed by atoms with Crippen LogP contribution in [0.4, 0.5) is 0 Å². The van der Waals surface area contributed by atoms with Gasteiger partial charge in [0.05, 0.1) is 30.5 Å². The molecule has 0 amide bonds. The highest BCUT2D eigenvalue weighted by Crippen LogP contribution is 2.15. The van der Waals surface area contributed by atoms with Crippen molar-refractivity contribution in [3.63, 3.8) is 0 Å². The van der Waals surface area contributed by atoms with Crippen molar-refractivity contribution < 1.29 is 39.9 Å². The van der Waals surface area contributed by atoms with Crippen LogP contribution in [0.15, 0.2) is 0 Å². The number of ketones is 3. The summed E-state index contributed by atoms with van der Waals surface area (Å²) in [5.74, 6) is 0.186. The van der Waals surface area contributed by atoms with Gasteiger partial charge in [0.15, 0.2) is 0 Å². The number of rotatable bonds is 30. The van der Waals surface area contributed by atoms with Gasteiger partial charge in [-0.15, -0.1) is 0 Å². The quantitative estimate of drug-likeness (QED) is 0.0691. The van der Waals surface area contributed by atoms with Crippen molar-refractivity contribution in [1.29, 1.82) is 0 Å². The fourth-order valence-corrected chi connectivity index (χ4v) is 5.18. The number of Topliss-reactive ketones (excluding diaryl/α,β-unsaturated/α-hetero) is 3. The van der Waals surface area contributed by atoms with Crippen molar-refractivity contribution in [2.45, 2.75) is 192 Å². The second-order valence-corrected chi connectivity index (χ2v) is 12.2. The van der Waals surface area contributed by atoms with E-state index in [1.165, 1.54) is 0 Å². The largest absolute Gasteiger partial charge is 0.393 e. The molecule has 5 N–H and O–H groups in total. The molecule has 8 nitrogen and oxygen atoms in total. The minimum atomic E-state index is -0.654. The lowest BCUT2D eigenvalue weighted by Gasteiger charge is -2.12. The Morgan fingerprint density at radius 1 is 0.463 bits per heavy atom. The minimum Gasteiger partial charge on any atom is -0.393 e. The van der Waals surface area contributed by atoms with Gasteiger partial charge in [0.25, 0.3) is 0 Å². The molecule has 0 heterocycles. The molecule has 0 rings (SSSR count). The van der Waals surface area contributed by atoms with Gasteiger partial charge >= 0.3 is 0 Å². The van der Waals surface area contributed by atoms with E-state index in [4.69, 9.17) is 0 Å². The Morgan fingerprint density at radius 2 is 0.780 bits per heavy atom. The molecule has 0 saturated heterocycles. The van der Waals surface area contributed by atoms with Gasteiger partial charge in [-0.3, -0.25) is 14.4 Å². The van der Waals surface area contributed by atoms with Crippen LogP contribution in [0.2, 0.25) is 0 Å². The lowest BCUT2D eigenvalue weighted by atomic mass is 9.99. The summed E-state index contributed by atoms with van der Waals surface area (Å²) in [6.45, 7) is 3.76. The lowest BCUT2D eigenvalue weighted by molar-refractivity contribution is -0.122. The highest BCUT2D eigenvalue weighted by Gasteiger charge is 2.14. The van der Waals surface area contributed by atoms with Crippen LogP contribution in [0.5, 0.6) is 0 Å². The summed E-state index contributed by atoms with van der Waals surface area (Å²) in [5, 5.41) is 49.2. The first-order valence-corrected chi connectivity index (χ1v) is 16.5. The van der Waals surface area contributed by atoms with E-state index in [-0.39, 0.29) is 36.6 Å². The van der Waals surface area contributed by atoms with E-state index < -0.39 is 30.5 Å². The normalized spacial score (nSPS) is 15.3. The van der Waals surface area contributed by atoms with Crippen molar-refractivity contribution in [2.24, 2.45) is 0 Å². The fraction of sp³-hybridized carbons (Fsp3) is 0.909. The molecule has 0 aromatic heterocycles. The van der Waals surface area contributed by atoms with Gasteiger partial charge in [0.2, 0.25) is 0 Å². The van der Waals surface area contributed by atoms with Gasteiger partial charge in [-0.1, -0.05) is 64.7 Å². The molecule has 0 fully saturated rings. The van der Waals surface area contributed by atoms with Gasteiger partial charge in [0.1, 0.15) is 17.3 Å². The van der Waals surface area contributed by atoms with E-state index in [0.717, 1.165) is 70.6 Å². The van der Waals surface area contributed by atoms with Gasteiger partial charge in [-0.05, 0) is 58.3 Å². The van der Waals surface area contributed by atoms with Crippen LogP contribution in [0.1, 0.15) is 162 Å². The van der Waals surface area contributed by atoms with Crippen LogP contribution in [-0.4, -0.2) is 73.4 Å². The van der Waals surface area contributed by atoms with E-state index in [2.05, 4.69) is 6.92 Å². The highest BCUT2D eigenvalue weighted by molar-refractivity contribution is 5.79. The molecule has 0 bridgehead atoms. The SMILES string of the molecule is CCCCCC(O)CC(=O)CCCCCC(O)CC(=O)CCCCCC(O)CC(=O)CCCCCC(O)CC(C)O. The fourth-order valence-electron chi connectivity index (χ4n) is 5.18. The topological polar surface area (TPSA) is 152 Å². The Morgan fingerprint density at radius 3 is 1.10 bits per heavy atom. The molecule has 0 aliphatic heterocycles. The third-order valence-corrected chi connectivity index (χ3v) is 7.62. The average Bonchev–Trinajstić information content (AvgIpc) is 2.87. The van der Waals surface area contributed by atoms with Crippen molar-refractivity contribution in [2.75, 3.05) is 0 Å². The van der Waals surface area contributed by atoms with Crippen molar-refractivity contribution in [3.8, 4) is 0 Å². The third kappa shape index (κ3) is 27.4. The van der Waals surface area contributed by atoms with Crippen molar-refractivity contribution in [3.05, 3.63) is 0 Å². The maximum absolute atomic E-state index is 12.2. The maximum Gasteiger partial charge on any atom is 0.135 e. The van der Waals surface area contributed by atoms with Gasteiger partial charge in [0, 0.05) is 38.5 Å². The van der Waals surface area contributed by atoms with Crippen LogP contribution in [0.25, 0.3) is 0 Å². The summed E-state index contributed by atoms with van der Waals surface area (Å²) in [6.07, 6.45) is 11.9. The summed E-state index contributed by atoms with van der Waals surface area (Å²) in [6, 6.07) is 0. The van der Waals surface area contributed by atoms with E-state index in [1.807, 2.05) is 0 Å². The average molecular weight is 587 g/mol. The van der Waals surface area contributed by atoms with Crippen LogP contribution in [0, 0.1) is 0 Å². The Balaban J connectivity index is 3.69. The summed E-state index contributed by atoms with van der Waals surface area (Å²) in [4.78, 5) is 36.2. The zero-order valence-corrected chi connectivity index (χ0v) is 26.1. The Hall–Kier alpha value is -1.19. The number of unbranched alkanes of at least 4 members (excludes halogenated alkanes) is 8. The molecule has 242 valence electrons. The molecule has 41 heavy (non-hydrogen) atoms. The summed E-state index contributed by atoms with van der Waals surface area (Å²) < 4.78 is 0. The first-order chi connectivity index (χ1) is 19.5. The number of carbonyl (C=O) groups is 3. The molecular formula is C33H62O8. The number of aliphatic hydroxyl groups excluding tert-OH is 5. The Kier molecular flexibility index (Phi) is 25.7. The molecule has 5 atom stereocenters. The number of hydrogen-bond donors (Lipinski definition) is 5. The van der Waals surface area contributed by atoms with E-state index >= 15 is 0 Å². The first-order valence-electron chi connectivity index (χ1n) is 16.5. The lowest BCUT2D eigenvalue weighted by Crippen LogP contribution is -2.15. The summed E-state index contributed by atoms with van der Waals surface area (Å²) in [7, 11) is 0. The molecule has 0 aliphatic rings. The molecule has 0 aliphatic carbocycles. The van der Waals surface area contributed by atoms with Crippen LogP contribution >= 0.6 is 0 Å². The smallest absolute Gasteiger partial charge is 0.135 e. The molecule has 0 spiro atoms. The standard InChI is InChI=1S/C33H62O8/c1-3-4-8-15-28(36)23-29(37)18-11-6-12-19-32(40)25-33(41)21-14-7-13-20-31(39)24-30(38)17-10-5-9-16-27(35)22-26(2)34/h26-28,31-32,34-36,39-40H,3-25H2,1-2H3. The van der Waals surface area contributed by atoms with E-state index in [1.54, 1.807) is 6.92 Å². The van der Waals surface area contributed by atoms with Crippen molar-refractivity contribution >= 4 is 17.3 Å². The zero-order chi connectivity index (χ0) is 30.9. The van der Waals surface area contributed by atoms with Crippen LogP contribution in [-0.2, 0) is 14.4 Å². The molecule has 0 saturated carbocycles. The monoisotopic (exact) mass is 586 g/mol. The molecular weight excluding hydrogens is 524 g/mol. The number of hydrogen-bond acceptors (Lipinski definition) is 8. The predicted molar refractivity (Wildman–Crippen MR) is 163 cm³/mol. The van der Waals surface area contributed by atoms with Crippen molar-refractivity contribution in [1.82, 2.24) is 0 Å². The van der Waals surface area contributed by atoms with Crippen LogP contribution in [0.3, 0.4) is 0 Å². The minimum absolute atomic E-state index is 0.0406. The Bertz CT molecular complexity index is 666. The first kappa shape index (κ1) is 39.8. The third-order valence-electron chi connectivity index (χ3n) is 7.62. The molecule has 5 unspecified atom stereocenters. The van der Waals surface area contributed by atoms with Crippen LogP contribution < -0.4 is 0 Å². The number of carbonyl (C=O) groups excluding carboxylic acids is 3. The Labute approximate surface area is 249 Å². The molecule has 0 radical (unpaired) electrons. The van der Waals surface area contributed by atoms with E-state index in [9.17, 15) is 39.9 Å². The highest BCUT2D eigenvalue weighted by atomic mass is 16.3. The maximum atomic E-state index is 12.2. The van der Waals surface area contributed by atoms with Gasteiger partial charge < -0.3 is 25.5 Å². The molecule has 8 heteroatoms. The second kappa shape index (κ2) is 26.4. The second-order valence-electron chi connectivity index (χ2n) is 12.2.